The van der Waals surface area contributed by atoms with Crippen LogP contribution in [0.1, 0.15) is 31.2 Å². The maximum atomic E-state index is 9.96. The van der Waals surface area contributed by atoms with E-state index in [4.69, 9.17) is 16.3 Å². The van der Waals surface area contributed by atoms with Gasteiger partial charge in [0.1, 0.15) is 0 Å². The van der Waals surface area contributed by atoms with E-state index >= 15 is 0 Å². The van der Waals surface area contributed by atoms with Crippen LogP contribution >= 0.6 is 11.6 Å². The van der Waals surface area contributed by atoms with Crippen molar-refractivity contribution in [2.24, 2.45) is 5.92 Å². The molecular formula is C14H20ClNO2. The van der Waals surface area contributed by atoms with E-state index in [9.17, 15) is 5.11 Å². The first kappa shape index (κ1) is 13.5. The lowest BCUT2D eigenvalue weighted by Crippen LogP contribution is -2.21. The van der Waals surface area contributed by atoms with E-state index < -0.39 is 0 Å². The van der Waals surface area contributed by atoms with Crippen LogP contribution in [0.15, 0.2) is 12.1 Å². The summed E-state index contributed by atoms with van der Waals surface area (Å²) in [4.78, 5) is 0. The Hall–Kier alpha value is -0.930. The molecule has 4 heteroatoms. The molecule has 18 heavy (non-hydrogen) atoms. The second kappa shape index (κ2) is 6.30. The van der Waals surface area contributed by atoms with Gasteiger partial charge in [-0.1, -0.05) is 30.9 Å². The Kier molecular flexibility index (Phi) is 4.72. The number of ether oxygens (including phenoxy) is 1. The number of hydrogen-bond donors (Lipinski definition) is 2. The molecule has 1 fully saturated rings. The van der Waals surface area contributed by atoms with Gasteiger partial charge in [-0.05, 0) is 24.9 Å². The second-order valence-electron chi connectivity index (χ2n) is 4.88. The third-order valence-electron chi connectivity index (χ3n) is 3.61. The fraction of sp³-hybridized carbons (Fsp3) is 0.571. The summed E-state index contributed by atoms with van der Waals surface area (Å²) in [6, 6.07) is 3.39. The lowest BCUT2D eigenvalue weighted by molar-refractivity contribution is 0.291. The summed E-state index contributed by atoms with van der Waals surface area (Å²) in [5.74, 6) is 1.51. The van der Waals surface area contributed by atoms with Crippen molar-refractivity contribution in [2.75, 3.05) is 13.7 Å². The van der Waals surface area contributed by atoms with Gasteiger partial charge < -0.3 is 15.2 Å². The molecule has 1 aliphatic rings. The summed E-state index contributed by atoms with van der Waals surface area (Å²) in [7, 11) is 1.53. The average Bonchev–Trinajstić information content (AvgIpc) is 2.30. The smallest absolute Gasteiger partial charge is 0.162 e. The molecule has 0 aliphatic heterocycles. The van der Waals surface area contributed by atoms with Gasteiger partial charge >= 0.3 is 0 Å². The highest BCUT2D eigenvalue weighted by atomic mass is 35.5. The fourth-order valence-electron chi connectivity index (χ4n) is 2.23. The van der Waals surface area contributed by atoms with Gasteiger partial charge in [-0.15, -0.1) is 0 Å². The quantitative estimate of drug-likeness (QED) is 0.779. The zero-order chi connectivity index (χ0) is 13.0. The minimum absolute atomic E-state index is 0.179. The van der Waals surface area contributed by atoms with Crippen molar-refractivity contribution in [3.63, 3.8) is 0 Å². The van der Waals surface area contributed by atoms with Crippen LogP contribution in [-0.4, -0.2) is 18.8 Å². The molecule has 0 radical (unpaired) electrons. The van der Waals surface area contributed by atoms with E-state index in [1.807, 2.05) is 0 Å². The number of rotatable bonds is 6. The van der Waals surface area contributed by atoms with Gasteiger partial charge in [-0.3, -0.25) is 0 Å². The molecule has 2 rings (SSSR count). The Morgan fingerprint density at radius 3 is 2.83 bits per heavy atom. The molecular weight excluding hydrogens is 250 g/mol. The predicted octanol–water partition coefficient (Wildman–Crippen LogP) is 3.33. The zero-order valence-corrected chi connectivity index (χ0v) is 11.5. The first-order chi connectivity index (χ1) is 8.70. The number of hydrogen-bond acceptors (Lipinski definition) is 3. The van der Waals surface area contributed by atoms with Crippen LogP contribution in [0.5, 0.6) is 11.5 Å². The Morgan fingerprint density at radius 2 is 2.22 bits per heavy atom. The highest BCUT2D eigenvalue weighted by Crippen LogP contribution is 2.33. The van der Waals surface area contributed by atoms with E-state index in [0.29, 0.717) is 17.3 Å². The van der Waals surface area contributed by atoms with Crippen molar-refractivity contribution in [1.29, 1.82) is 0 Å². The molecule has 1 saturated carbocycles. The molecule has 1 aliphatic carbocycles. The Bertz CT molecular complexity index is 405. The number of nitrogens with one attached hydrogen (secondary N) is 1. The van der Waals surface area contributed by atoms with E-state index in [-0.39, 0.29) is 5.75 Å². The maximum Gasteiger partial charge on any atom is 0.162 e. The van der Waals surface area contributed by atoms with Crippen LogP contribution in [0.4, 0.5) is 0 Å². The lowest BCUT2D eigenvalue weighted by atomic mass is 9.83. The van der Waals surface area contributed by atoms with Crippen LogP contribution in [0.2, 0.25) is 5.02 Å². The monoisotopic (exact) mass is 269 g/mol. The molecule has 100 valence electrons. The van der Waals surface area contributed by atoms with E-state index in [2.05, 4.69) is 5.32 Å². The molecule has 0 unspecified atom stereocenters. The summed E-state index contributed by atoms with van der Waals surface area (Å²) in [6.07, 6.45) is 5.35. The SMILES string of the molecule is COc1cc(Cl)cc(CNCCC2CCC2)c1O. The molecule has 0 atom stereocenters. The molecule has 0 aromatic heterocycles. The van der Waals surface area contributed by atoms with E-state index in [1.165, 1.54) is 32.8 Å². The van der Waals surface area contributed by atoms with Crippen molar-refractivity contribution < 1.29 is 9.84 Å². The van der Waals surface area contributed by atoms with Crippen LogP contribution in [0, 0.1) is 5.92 Å². The largest absolute Gasteiger partial charge is 0.504 e. The summed E-state index contributed by atoms with van der Waals surface area (Å²) < 4.78 is 5.08. The van der Waals surface area contributed by atoms with Crippen molar-refractivity contribution >= 4 is 11.6 Å². The number of phenolic OH excluding ortho intramolecular Hbond substituents is 1. The van der Waals surface area contributed by atoms with Gasteiger partial charge in [0.2, 0.25) is 0 Å². The molecule has 0 heterocycles. The van der Waals surface area contributed by atoms with Gasteiger partial charge in [-0.2, -0.15) is 0 Å². The van der Waals surface area contributed by atoms with Gasteiger partial charge in [0.15, 0.2) is 11.5 Å². The number of halogens is 1. The summed E-state index contributed by atoms with van der Waals surface area (Å²) >= 11 is 5.98. The van der Waals surface area contributed by atoms with E-state index in [0.717, 1.165) is 18.0 Å². The molecule has 2 N–H and O–H groups in total. The second-order valence-corrected chi connectivity index (χ2v) is 5.31. The Morgan fingerprint density at radius 1 is 1.44 bits per heavy atom. The third kappa shape index (κ3) is 3.30. The van der Waals surface area contributed by atoms with Gasteiger partial charge in [-0.25, -0.2) is 0 Å². The van der Waals surface area contributed by atoms with Gasteiger partial charge in [0.25, 0.3) is 0 Å². The molecule has 0 bridgehead atoms. The molecule has 0 amide bonds. The first-order valence-electron chi connectivity index (χ1n) is 6.47. The van der Waals surface area contributed by atoms with E-state index in [1.54, 1.807) is 12.1 Å². The highest BCUT2D eigenvalue weighted by Gasteiger charge is 2.16. The molecule has 3 nitrogen and oxygen atoms in total. The third-order valence-corrected chi connectivity index (χ3v) is 3.83. The van der Waals surface area contributed by atoms with Crippen molar-refractivity contribution in [3.8, 4) is 11.5 Å². The Balaban J connectivity index is 1.85. The summed E-state index contributed by atoms with van der Waals surface area (Å²) in [5.41, 5.74) is 0.785. The molecule has 0 saturated heterocycles. The standard InChI is InChI=1S/C14H20ClNO2/c1-18-13-8-12(15)7-11(14(13)17)9-16-6-5-10-3-2-4-10/h7-8,10,16-17H,2-6,9H2,1H3. The van der Waals surface area contributed by atoms with Crippen molar-refractivity contribution in [3.05, 3.63) is 22.7 Å². The average molecular weight is 270 g/mol. The minimum Gasteiger partial charge on any atom is -0.504 e. The number of aromatic hydroxyl groups is 1. The summed E-state index contributed by atoms with van der Waals surface area (Å²) in [6.45, 7) is 1.61. The summed E-state index contributed by atoms with van der Waals surface area (Å²) in [5, 5.41) is 13.9. The lowest BCUT2D eigenvalue weighted by Gasteiger charge is -2.25. The van der Waals surface area contributed by atoms with Crippen LogP contribution in [-0.2, 0) is 6.54 Å². The predicted molar refractivity (Wildman–Crippen MR) is 73.3 cm³/mol. The Labute approximate surface area is 113 Å². The van der Waals surface area contributed by atoms with Gasteiger partial charge in [0, 0.05) is 23.2 Å². The first-order valence-corrected chi connectivity index (χ1v) is 6.84. The van der Waals surface area contributed by atoms with Gasteiger partial charge in [0.05, 0.1) is 7.11 Å². The number of methoxy groups -OCH3 is 1. The highest BCUT2D eigenvalue weighted by molar-refractivity contribution is 6.30. The fourth-order valence-corrected chi connectivity index (χ4v) is 2.46. The van der Waals surface area contributed by atoms with Crippen LogP contribution in [0.25, 0.3) is 0 Å². The van der Waals surface area contributed by atoms with Crippen molar-refractivity contribution in [1.82, 2.24) is 5.32 Å². The minimum atomic E-state index is 0.179. The zero-order valence-electron chi connectivity index (χ0n) is 10.7. The normalized spacial score (nSPS) is 15.4. The number of phenols is 1. The topological polar surface area (TPSA) is 41.5 Å². The molecule has 0 spiro atoms. The molecule has 1 aromatic carbocycles. The molecule has 1 aromatic rings. The van der Waals surface area contributed by atoms with Crippen LogP contribution in [0.3, 0.4) is 0 Å². The maximum absolute atomic E-state index is 9.96. The van der Waals surface area contributed by atoms with Crippen LogP contribution < -0.4 is 10.1 Å². The number of benzene rings is 1. The van der Waals surface area contributed by atoms with Crippen molar-refractivity contribution in [2.45, 2.75) is 32.2 Å².